The minimum absolute atomic E-state index is 0.0769. The van der Waals surface area contributed by atoms with Gasteiger partial charge in [-0.15, -0.1) is 0 Å². The first-order valence-electron chi connectivity index (χ1n) is 11.2. The van der Waals surface area contributed by atoms with Crippen molar-refractivity contribution < 1.29 is 22.7 Å². The Morgan fingerprint density at radius 2 is 1.91 bits per heavy atom. The first-order chi connectivity index (χ1) is 15.2. The lowest BCUT2D eigenvalue weighted by atomic mass is 10.2. The van der Waals surface area contributed by atoms with E-state index in [-0.39, 0.29) is 52.6 Å². The van der Waals surface area contributed by atoms with Gasteiger partial charge in [0.25, 0.3) is 5.91 Å². The second kappa shape index (κ2) is 11.0. The van der Waals surface area contributed by atoms with Crippen LogP contribution in [-0.4, -0.2) is 74.4 Å². The Morgan fingerprint density at radius 3 is 2.62 bits per heavy atom. The fourth-order valence-electron chi connectivity index (χ4n) is 4.16. The zero-order chi connectivity index (χ0) is 23.3. The van der Waals surface area contributed by atoms with Crippen LogP contribution in [-0.2, 0) is 19.6 Å². The molecule has 2 saturated heterocycles. The largest absolute Gasteiger partial charge is 0.373 e. The second-order valence-corrected chi connectivity index (χ2v) is 10.8. The monoisotopic (exact) mass is 485 g/mol. The Hall–Kier alpha value is -1.68. The summed E-state index contributed by atoms with van der Waals surface area (Å²) < 4.78 is 33.3. The molecule has 32 heavy (non-hydrogen) atoms. The third-order valence-electron chi connectivity index (χ3n) is 5.76. The van der Waals surface area contributed by atoms with Crippen molar-refractivity contribution in [3.05, 3.63) is 28.8 Å². The lowest BCUT2D eigenvalue weighted by Crippen LogP contribution is -2.48. The van der Waals surface area contributed by atoms with Crippen LogP contribution < -0.4 is 5.32 Å². The first kappa shape index (κ1) is 25.0. The fourth-order valence-corrected chi connectivity index (χ4v) is 6.25. The number of amides is 2. The molecule has 0 bridgehead atoms. The minimum Gasteiger partial charge on any atom is -0.373 e. The van der Waals surface area contributed by atoms with E-state index in [0.717, 1.165) is 25.8 Å². The Labute approximate surface area is 195 Å². The summed E-state index contributed by atoms with van der Waals surface area (Å²) in [5.41, 5.74) is 0.230. The van der Waals surface area contributed by atoms with Gasteiger partial charge in [0.15, 0.2) is 0 Å². The molecule has 0 radical (unpaired) electrons. The molecule has 2 aliphatic heterocycles. The number of benzene rings is 1. The Bertz CT molecular complexity index is 929. The molecule has 0 saturated carbocycles. The van der Waals surface area contributed by atoms with E-state index < -0.39 is 10.0 Å². The van der Waals surface area contributed by atoms with Crippen molar-refractivity contribution in [2.24, 2.45) is 0 Å². The molecule has 1 aromatic rings. The van der Waals surface area contributed by atoms with Crippen molar-refractivity contribution in [2.75, 3.05) is 32.7 Å². The number of nitrogens with one attached hydrogen (secondary N) is 1. The number of nitrogens with zero attached hydrogens (tertiary/aromatic N) is 2. The molecule has 3 rings (SSSR count). The quantitative estimate of drug-likeness (QED) is 0.599. The van der Waals surface area contributed by atoms with Crippen LogP contribution in [0.3, 0.4) is 0 Å². The summed E-state index contributed by atoms with van der Waals surface area (Å²) in [6.07, 6.45) is 3.80. The van der Waals surface area contributed by atoms with Crippen molar-refractivity contribution in [3.63, 3.8) is 0 Å². The number of hydrogen-bond acceptors (Lipinski definition) is 5. The summed E-state index contributed by atoms with van der Waals surface area (Å²) >= 11 is 6.21. The molecule has 0 aliphatic carbocycles. The van der Waals surface area contributed by atoms with Crippen molar-refractivity contribution in [1.29, 1.82) is 0 Å². The highest BCUT2D eigenvalue weighted by Crippen LogP contribution is 2.28. The van der Waals surface area contributed by atoms with E-state index in [4.69, 9.17) is 16.3 Å². The van der Waals surface area contributed by atoms with Crippen LogP contribution in [0.1, 0.15) is 56.3 Å². The molecular formula is C22H32ClN3O5S. The number of halogens is 1. The van der Waals surface area contributed by atoms with Gasteiger partial charge >= 0.3 is 0 Å². The van der Waals surface area contributed by atoms with Crippen LogP contribution in [0.15, 0.2) is 23.1 Å². The van der Waals surface area contributed by atoms with Gasteiger partial charge in [-0.05, 0) is 51.3 Å². The minimum atomic E-state index is -3.87. The van der Waals surface area contributed by atoms with Crippen LogP contribution in [0.4, 0.5) is 0 Å². The molecule has 0 spiro atoms. The maximum absolute atomic E-state index is 13.2. The van der Waals surface area contributed by atoms with Gasteiger partial charge in [0.05, 0.1) is 17.2 Å². The van der Waals surface area contributed by atoms with Gasteiger partial charge in [0, 0.05) is 44.7 Å². The van der Waals surface area contributed by atoms with Gasteiger partial charge in [-0.3, -0.25) is 9.59 Å². The summed E-state index contributed by atoms with van der Waals surface area (Å²) in [6, 6.07) is 4.28. The molecule has 2 heterocycles. The topological polar surface area (TPSA) is 96.0 Å². The molecule has 178 valence electrons. The van der Waals surface area contributed by atoms with Gasteiger partial charge in [0.2, 0.25) is 15.9 Å². The van der Waals surface area contributed by atoms with Crippen molar-refractivity contribution in [3.8, 4) is 0 Å². The van der Waals surface area contributed by atoms with Crippen molar-refractivity contribution >= 4 is 33.4 Å². The molecule has 8 nitrogen and oxygen atoms in total. The molecule has 2 unspecified atom stereocenters. The Morgan fingerprint density at radius 1 is 1.19 bits per heavy atom. The molecule has 2 amide bonds. The number of morpholine rings is 1. The van der Waals surface area contributed by atoms with Gasteiger partial charge in [0.1, 0.15) is 4.90 Å². The maximum atomic E-state index is 13.2. The smallest absolute Gasteiger partial charge is 0.251 e. The third kappa shape index (κ3) is 6.21. The van der Waals surface area contributed by atoms with E-state index in [2.05, 4.69) is 5.32 Å². The number of rotatable bonds is 7. The number of hydrogen-bond donors (Lipinski definition) is 1. The molecule has 2 aliphatic rings. The van der Waals surface area contributed by atoms with E-state index in [1.165, 1.54) is 22.5 Å². The molecule has 0 aromatic heterocycles. The van der Waals surface area contributed by atoms with Gasteiger partial charge in [-0.25, -0.2) is 8.42 Å². The van der Waals surface area contributed by atoms with E-state index in [9.17, 15) is 18.0 Å². The number of carbonyl (C=O) groups excluding carboxylic acids is 2. The number of likely N-dealkylation sites (tertiary alicyclic amines) is 1. The summed E-state index contributed by atoms with van der Waals surface area (Å²) in [4.78, 5) is 26.5. The van der Waals surface area contributed by atoms with E-state index in [1.807, 2.05) is 18.7 Å². The van der Waals surface area contributed by atoms with E-state index in [0.29, 0.717) is 25.9 Å². The highest BCUT2D eigenvalue weighted by Gasteiger charge is 2.33. The molecule has 1 aromatic carbocycles. The third-order valence-corrected chi connectivity index (χ3v) is 8.07. The summed E-state index contributed by atoms with van der Waals surface area (Å²) in [7, 11) is -3.87. The van der Waals surface area contributed by atoms with Crippen LogP contribution in [0, 0.1) is 0 Å². The van der Waals surface area contributed by atoms with Crippen LogP contribution in [0.5, 0.6) is 0 Å². The highest BCUT2D eigenvalue weighted by molar-refractivity contribution is 7.89. The molecule has 1 N–H and O–H groups in total. The highest BCUT2D eigenvalue weighted by atomic mass is 35.5. The van der Waals surface area contributed by atoms with Crippen LogP contribution in [0.25, 0.3) is 0 Å². The fraction of sp³-hybridized carbons (Fsp3) is 0.636. The van der Waals surface area contributed by atoms with E-state index >= 15 is 0 Å². The molecular weight excluding hydrogens is 454 g/mol. The van der Waals surface area contributed by atoms with Crippen molar-refractivity contribution in [2.45, 2.75) is 63.1 Å². The summed E-state index contributed by atoms with van der Waals surface area (Å²) in [5, 5.41) is 2.89. The zero-order valence-corrected chi connectivity index (χ0v) is 20.3. The number of ether oxygens (including phenoxy) is 1. The standard InChI is InChI=1S/C22H32ClN3O5S/c1-16-14-26(15-17(2)31-16)32(29,30)20-13-18(8-9-19(20)23)22(28)24-10-6-12-25-11-5-3-4-7-21(25)27/h8-9,13,16-17H,3-7,10-12,14-15H2,1-2H3,(H,24,28). The van der Waals surface area contributed by atoms with E-state index in [1.54, 1.807) is 0 Å². The Balaban J connectivity index is 1.62. The normalized spacial score (nSPS) is 23.1. The molecule has 2 fully saturated rings. The predicted octanol–water partition coefficient (Wildman–Crippen LogP) is 2.66. The lowest BCUT2D eigenvalue weighted by molar-refractivity contribution is -0.130. The molecule has 2 atom stereocenters. The first-order valence-corrected chi connectivity index (χ1v) is 13.0. The summed E-state index contributed by atoms with van der Waals surface area (Å²) in [6.45, 7) is 5.87. The number of sulfonamides is 1. The SMILES string of the molecule is CC1CN(S(=O)(=O)c2cc(C(=O)NCCCN3CCCCCC3=O)ccc2Cl)CC(C)O1. The lowest BCUT2D eigenvalue weighted by Gasteiger charge is -2.34. The van der Waals surface area contributed by atoms with Gasteiger partial charge in [-0.1, -0.05) is 18.0 Å². The average Bonchev–Trinajstić information content (AvgIpc) is 2.94. The maximum Gasteiger partial charge on any atom is 0.251 e. The summed E-state index contributed by atoms with van der Waals surface area (Å²) in [5.74, 6) is -0.197. The number of carbonyl (C=O) groups is 2. The zero-order valence-electron chi connectivity index (χ0n) is 18.7. The van der Waals surface area contributed by atoms with Crippen molar-refractivity contribution in [1.82, 2.24) is 14.5 Å². The average molecular weight is 486 g/mol. The molecule has 10 heteroatoms. The van der Waals surface area contributed by atoms with Gasteiger partial charge < -0.3 is 15.0 Å². The Kier molecular flexibility index (Phi) is 8.55. The second-order valence-electron chi connectivity index (χ2n) is 8.53. The van der Waals surface area contributed by atoms with Crippen LogP contribution >= 0.6 is 11.6 Å². The van der Waals surface area contributed by atoms with Gasteiger partial charge in [-0.2, -0.15) is 4.31 Å². The van der Waals surface area contributed by atoms with Crippen LogP contribution in [0.2, 0.25) is 5.02 Å². The predicted molar refractivity (Wildman–Crippen MR) is 122 cm³/mol.